The first kappa shape index (κ1) is 25.2. The lowest BCUT2D eigenvalue weighted by Gasteiger charge is -2.23. The van der Waals surface area contributed by atoms with Crippen molar-refractivity contribution >= 4 is 17.5 Å². The van der Waals surface area contributed by atoms with Gasteiger partial charge in [-0.1, -0.05) is 31.4 Å². The molecule has 0 radical (unpaired) electrons. The van der Waals surface area contributed by atoms with E-state index in [9.17, 15) is 19.7 Å². The molecule has 2 aromatic carbocycles. The standard InChI is InChI=1S/C25H31N3O6/c1-33-22-13-7-18(8-14-22)15-26-25(30)23(17-34-16-19-5-3-2-4-6-19)27-24(29)20-9-11-21(12-10-20)28(31)32/h7-14,19,23H,2-6,15-17H2,1H3,(H,26,30)(H,27,29)/t23-/m0/s1. The van der Waals surface area contributed by atoms with Gasteiger partial charge in [0, 0.05) is 30.8 Å². The molecular weight excluding hydrogens is 438 g/mol. The fourth-order valence-corrected chi connectivity index (χ4v) is 3.92. The van der Waals surface area contributed by atoms with Gasteiger partial charge in [-0.25, -0.2) is 0 Å². The fourth-order valence-electron chi connectivity index (χ4n) is 3.92. The Bertz CT molecular complexity index is 956. The summed E-state index contributed by atoms with van der Waals surface area (Å²) in [4.78, 5) is 36.0. The lowest BCUT2D eigenvalue weighted by Crippen LogP contribution is -2.49. The summed E-state index contributed by atoms with van der Waals surface area (Å²) in [6.07, 6.45) is 5.86. The molecule has 0 heterocycles. The number of nitro groups is 1. The minimum Gasteiger partial charge on any atom is -0.497 e. The lowest BCUT2D eigenvalue weighted by molar-refractivity contribution is -0.384. The van der Waals surface area contributed by atoms with Crippen LogP contribution in [-0.2, 0) is 16.1 Å². The van der Waals surface area contributed by atoms with E-state index in [1.54, 1.807) is 7.11 Å². The van der Waals surface area contributed by atoms with Gasteiger partial charge in [-0.3, -0.25) is 19.7 Å². The van der Waals surface area contributed by atoms with Crippen LogP contribution in [0.5, 0.6) is 5.75 Å². The third-order valence-electron chi connectivity index (χ3n) is 5.95. The number of hydrogen-bond donors (Lipinski definition) is 2. The number of rotatable bonds is 11. The van der Waals surface area contributed by atoms with Crippen molar-refractivity contribution in [3.8, 4) is 5.75 Å². The van der Waals surface area contributed by atoms with Crippen molar-refractivity contribution < 1.29 is 24.0 Å². The van der Waals surface area contributed by atoms with E-state index in [0.29, 0.717) is 12.5 Å². The van der Waals surface area contributed by atoms with Crippen LogP contribution < -0.4 is 15.4 Å². The Morgan fingerprint density at radius 2 is 1.74 bits per heavy atom. The number of benzene rings is 2. The molecule has 0 spiro atoms. The smallest absolute Gasteiger partial charge is 0.269 e. The number of non-ortho nitro benzene ring substituents is 1. The van der Waals surface area contributed by atoms with Gasteiger partial charge in [-0.05, 0) is 48.6 Å². The predicted molar refractivity (Wildman–Crippen MR) is 127 cm³/mol. The molecule has 3 rings (SSSR count). The number of ether oxygens (including phenoxy) is 2. The summed E-state index contributed by atoms with van der Waals surface area (Å²) in [5.41, 5.74) is 1.00. The highest BCUT2D eigenvalue weighted by Gasteiger charge is 2.23. The molecule has 9 heteroatoms. The van der Waals surface area contributed by atoms with Crippen LogP contribution in [0.15, 0.2) is 48.5 Å². The Morgan fingerprint density at radius 3 is 2.35 bits per heavy atom. The first-order chi connectivity index (χ1) is 16.5. The molecule has 0 aromatic heterocycles. The van der Waals surface area contributed by atoms with Crippen molar-refractivity contribution in [2.24, 2.45) is 5.92 Å². The van der Waals surface area contributed by atoms with Crippen LogP contribution >= 0.6 is 0 Å². The molecule has 2 N–H and O–H groups in total. The third kappa shape index (κ3) is 7.55. The van der Waals surface area contributed by atoms with Crippen LogP contribution in [0.25, 0.3) is 0 Å². The van der Waals surface area contributed by atoms with Crippen molar-refractivity contribution in [1.82, 2.24) is 10.6 Å². The second kappa shape index (κ2) is 12.7. The van der Waals surface area contributed by atoms with E-state index in [0.717, 1.165) is 24.2 Å². The van der Waals surface area contributed by atoms with E-state index < -0.39 is 16.9 Å². The molecule has 0 saturated heterocycles. The lowest BCUT2D eigenvalue weighted by atomic mass is 9.90. The van der Waals surface area contributed by atoms with Gasteiger partial charge in [0.2, 0.25) is 5.91 Å². The third-order valence-corrected chi connectivity index (χ3v) is 5.95. The Hall–Kier alpha value is -3.46. The van der Waals surface area contributed by atoms with E-state index in [2.05, 4.69) is 10.6 Å². The Morgan fingerprint density at radius 1 is 1.06 bits per heavy atom. The maximum Gasteiger partial charge on any atom is 0.269 e. The zero-order valence-corrected chi connectivity index (χ0v) is 19.3. The topological polar surface area (TPSA) is 120 Å². The Balaban J connectivity index is 1.61. The second-order valence-electron chi connectivity index (χ2n) is 8.44. The summed E-state index contributed by atoms with van der Waals surface area (Å²) < 4.78 is 11.0. The highest BCUT2D eigenvalue weighted by molar-refractivity contribution is 5.97. The minimum absolute atomic E-state index is 0.0453. The van der Waals surface area contributed by atoms with Gasteiger partial charge in [0.1, 0.15) is 11.8 Å². The van der Waals surface area contributed by atoms with Crippen LogP contribution in [0.1, 0.15) is 48.0 Å². The summed E-state index contributed by atoms with van der Waals surface area (Å²) in [5.74, 6) is 0.331. The number of nitro benzene ring substituents is 1. The molecule has 34 heavy (non-hydrogen) atoms. The molecule has 0 unspecified atom stereocenters. The zero-order valence-electron chi connectivity index (χ0n) is 19.3. The van der Waals surface area contributed by atoms with Crippen molar-refractivity contribution in [3.63, 3.8) is 0 Å². The summed E-state index contributed by atoms with van der Waals surface area (Å²) in [5, 5.41) is 16.4. The average Bonchev–Trinajstić information content (AvgIpc) is 2.87. The van der Waals surface area contributed by atoms with Crippen LogP contribution in [0, 0.1) is 16.0 Å². The quantitative estimate of drug-likeness (QED) is 0.383. The molecule has 0 aliphatic heterocycles. The van der Waals surface area contributed by atoms with Crippen molar-refractivity contribution in [2.75, 3.05) is 20.3 Å². The molecule has 1 saturated carbocycles. The number of carbonyl (C=O) groups is 2. The fraction of sp³-hybridized carbons (Fsp3) is 0.440. The number of carbonyl (C=O) groups excluding carboxylic acids is 2. The number of amides is 2. The molecule has 1 aliphatic carbocycles. The highest BCUT2D eigenvalue weighted by Crippen LogP contribution is 2.23. The Labute approximate surface area is 199 Å². The van der Waals surface area contributed by atoms with E-state index in [1.807, 2.05) is 24.3 Å². The highest BCUT2D eigenvalue weighted by atomic mass is 16.6. The Kier molecular flexibility index (Phi) is 9.40. The number of methoxy groups -OCH3 is 1. The van der Waals surface area contributed by atoms with Crippen molar-refractivity contribution in [2.45, 2.75) is 44.7 Å². The first-order valence-corrected chi connectivity index (χ1v) is 11.5. The summed E-state index contributed by atoms with van der Waals surface area (Å²) in [6, 6.07) is 11.7. The van der Waals surface area contributed by atoms with Crippen LogP contribution in [0.2, 0.25) is 0 Å². The maximum atomic E-state index is 12.9. The molecule has 1 fully saturated rings. The molecule has 0 bridgehead atoms. The van der Waals surface area contributed by atoms with Gasteiger partial charge < -0.3 is 20.1 Å². The number of nitrogens with zero attached hydrogens (tertiary/aromatic N) is 1. The number of hydrogen-bond acceptors (Lipinski definition) is 6. The van der Waals surface area contributed by atoms with Crippen molar-refractivity contribution in [1.29, 1.82) is 0 Å². The second-order valence-corrected chi connectivity index (χ2v) is 8.44. The van der Waals surface area contributed by atoms with E-state index >= 15 is 0 Å². The molecule has 9 nitrogen and oxygen atoms in total. The minimum atomic E-state index is -0.899. The van der Waals surface area contributed by atoms with Crippen LogP contribution in [0.4, 0.5) is 5.69 Å². The van der Waals surface area contributed by atoms with Gasteiger partial charge in [-0.2, -0.15) is 0 Å². The van der Waals surface area contributed by atoms with E-state index in [-0.39, 0.29) is 30.3 Å². The van der Waals surface area contributed by atoms with E-state index in [4.69, 9.17) is 9.47 Å². The van der Waals surface area contributed by atoms with Gasteiger partial charge in [-0.15, -0.1) is 0 Å². The molecule has 182 valence electrons. The van der Waals surface area contributed by atoms with Gasteiger partial charge in [0.25, 0.3) is 11.6 Å². The van der Waals surface area contributed by atoms with Crippen LogP contribution in [0.3, 0.4) is 0 Å². The summed E-state index contributed by atoms with van der Waals surface area (Å²) >= 11 is 0. The first-order valence-electron chi connectivity index (χ1n) is 11.5. The van der Waals surface area contributed by atoms with Crippen LogP contribution in [-0.4, -0.2) is 43.1 Å². The number of nitrogens with one attached hydrogen (secondary N) is 2. The van der Waals surface area contributed by atoms with Crippen molar-refractivity contribution in [3.05, 3.63) is 69.8 Å². The SMILES string of the molecule is COc1ccc(CNC(=O)[C@H](COCC2CCCCC2)NC(=O)c2ccc([N+](=O)[O-])cc2)cc1. The molecule has 1 aliphatic rings. The molecule has 1 atom stereocenters. The van der Waals surface area contributed by atoms with Gasteiger partial charge >= 0.3 is 0 Å². The largest absolute Gasteiger partial charge is 0.497 e. The molecular formula is C25H31N3O6. The van der Waals surface area contributed by atoms with Gasteiger partial charge in [0.05, 0.1) is 18.6 Å². The molecule has 2 aromatic rings. The normalized spacial score (nSPS) is 14.7. The predicted octanol–water partition coefficient (Wildman–Crippen LogP) is 3.62. The summed E-state index contributed by atoms with van der Waals surface area (Å²) in [6.45, 7) is 0.884. The van der Waals surface area contributed by atoms with E-state index in [1.165, 1.54) is 43.5 Å². The average molecular weight is 470 g/mol. The summed E-state index contributed by atoms with van der Waals surface area (Å²) in [7, 11) is 1.59. The molecule has 2 amide bonds. The zero-order chi connectivity index (χ0) is 24.3. The maximum absolute atomic E-state index is 12.9. The monoisotopic (exact) mass is 469 g/mol. The van der Waals surface area contributed by atoms with Gasteiger partial charge in [0.15, 0.2) is 0 Å².